The first-order valence-corrected chi connectivity index (χ1v) is 7.12. The third-order valence-electron chi connectivity index (χ3n) is 2.45. The van der Waals surface area contributed by atoms with Crippen LogP contribution in [0.15, 0.2) is 28.6 Å². The molecule has 0 aliphatic carbocycles. The van der Waals surface area contributed by atoms with Crippen molar-refractivity contribution in [1.82, 2.24) is 10.3 Å². The lowest BCUT2D eigenvalue weighted by molar-refractivity contribution is 0.632. The van der Waals surface area contributed by atoms with Gasteiger partial charge in [0.1, 0.15) is 5.82 Å². The van der Waals surface area contributed by atoms with Gasteiger partial charge in [-0.1, -0.05) is 0 Å². The summed E-state index contributed by atoms with van der Waals surface area (Å²) in [6.45, 7) is 0. The van der Waals surface area contributed by atoms with Gasteiger partial charge in [-0.2, -0.15) is 4.99 Å². The van der Waals surface area contributed by atoms with Gasteiger partial charge in [0.25, 0.3) is 0 Å². The second-order valence-electron chi connectivity index (χ2n) is 3.95. The van der Waals surface area contributed by atoms with Crippen molar-refractivity contribution in [1.29, 1.82) is 0 Å². The van der Waals surface area contributed by atoms with Crippen molar-refractivity contribution in [2.75, 3.05) is 12.4 Å². The van der Waals surface area contributed by atoms with E-state index in [1.807, 2.05) is 0 Å². The number of hydrogen-bond acceptors (Lipinski definition) is 4. The Hall–Kier alpha value is -2.26. The molecule has 0 spiro atoms. The predicted molar refractivity (Wildman–Crippen MR) is 88.3 cm³/mol. The van der Waals surface area contributed by atoms with Crippen LogP contribution in [0.25, 0.3) is 11.3 Å². The van der Waals surface area contributed by atoms with E-state index >= 15 is 0 Å². The molecule has 0 saturated carbocycles. The molecule has 6 N–H and O–H groups in total. The minimum Gasteiger partial charge on any atom is -0.370 e. The summed E-state index contributed by atoms with van der Waals surface area (Å²) in [6, 6.07) is 4.58. The van der Waals surface area contributed by atoms with E-state index in [0.717, 1.165) is 5.56 Å². The number of halogens is 1. The van der Waals surface area contributed by atoms with Crippen LogP contribution in [0.2, 0.25) is 0 Å². The first-order chi connectivity index (χ1) is 9.99. The second-order valence-corrected chi connectivity index (χ2v) is 5.20. The van der Waals surface area contributed by atoms with Crippen molar-refractivity contribution in [2.45, 2.75) is 0 Å². The number of nitrogens with two attached hydrogens (primary N) is 2. The highest BCUT2D eigenvalue weighted by molar-refractivity contribution is 7.80. The first kappa shape index (κ1) is 15.1. The summed E-state index contributed by atoms with van der Waals surface area (Å²) in [5.41, 5.74) is 12.2. The normalized spacial score (nSPS) is 10.0. The largest absolute Gasteiger partial charge is 0.370 e. The average molecular weight is 324 g/mol. The number of aliphatic imine (C=N–C) groups is 1. The van der Waals surface area contributed by atoms with Crippen molar-refractivity contribution in [3.8, 4) is 11.3 Å². The Morgan fingerprint density at radius 2 is 2.19 bits per heavy atom. The maximum atomic E-state index is 13.7. The van der Waals surface area contributed by atoms with Crippen LogP contribution in [0.1, 0.15) is 0 Å². The topological polar surface area (TPSA) is 101 Å². The molecule has 1 aromatic carbocycles. The van der Waals surface area contributed by atoms with Gasteiger partial charge in [0.2, 0.25) is 5.13 Å². The molecule has 0 aliphatic heterocycles. The van der Waals surface area contributed by atoms with E-state index in [2.05, 4.69) is 20.6 Å². The van der Waals surface area contributed by atoms with Crippen LogP contribution < -0.4 is 22.1 Å². The lowest BCUT2D eigenvalue weighted by Crippen LogP contribution is -2.24. The van der Waals surface area contributed by atoms with Crippen molar-refractivity contribution < 1.29 is 4.39 Å². The number of guanidine groups is 1. The zero-order chi connectivity index (χ0) is 15.4. The molecule has 9 heteroatoms. The number of nitrogens with one attached hydrogen (secondary N) is 2. The second kappa shape index (κ2) is 6.46. The summed E-state index contributed by atoms with van der Waals surface area (Å²) in [6.07, 6.45) is 0. The summed E-state index contributed by atoms with van der Waals surface area (Å²) in [7, 11) is 1.65. The van der Waals surface area contributed by atoms with Gasteiger partial charge in [0, 0.05) is 18.0 Å². The summed E-state index contributed by atoms with van der Waals surface area (Å²) in [5, 5.41) is 8.03. The fraction of sp³-hybridized carbons (Fsp3) is 0.0833. The maximum absolute atomic E-state index is 13.7. The Morgan fingerprint density at radius 3 is 2.86 bits per heavy atom. The molecule has 0 atom stereocenters. The number of benzene rings is 1. The van der Waals surface area contributed by atoms with Crippen LogP contribution >= 0.6 is 23.6 Å². The van der Waals surface area contributed by atoms with Crippen molar-refractivity contribution in [3.05, 3.63) is 29.4 Å². The number of thiocarbonyl (C=S) groups is 1. The molecule has 2 aromatic rings. The summed E-state index contributed by atoms with van der Waals surface area (Å²) < 4.78 is 13.7. The molecular formula is C12H13FN6S2. The minimum atomic E-state index is -0.406. The fourth-order valence-corrected chi connectivity index (χ4v) is 2.35. The zero-order valence-corrected chi connectivity index (χ0v) is 12.7. The van der Waals surface area contributed by atoms with E-state index in [9.17, 15) is 4.39 Å². The Labute approximate surface area is 130 Å². The van der Waals surface area contributed by atoms with Crippen molar-refractivity contribution in [2.24, 2.45) is 16.5 Å². The van der Waals surface area contributed by atoms with Crippen LogP contribution in [-0.4, -0.2) is 23.1 Å². The lowest BCUT2D eigenvalue weighted by atomic mass is 10.1. The Bertz CT molecular complexity index is 693. The number of anilines is 1. The Kier molecular flexibility index (Phi) is 4.66. The minimum absolute atomic E-state index is 0.0586. The molecule has 110 valence electrons. The van der Waals surface area contributed by atoms with Crippen LogP contribution in [0.4, 0.5) is 15.2 Å². The van der Waals surface area contributed by atoms with E-state index in [1.165, 1.54) is 17.4 Å². The van der Waals surface area contributed by atoms with Crippen LogP contribution in [0.3, 0.4) is 0 Å². The van der Waals surface area contributed by atoms with Crippen molar-refractivity contribution in [3.63, 3.8) is 0 Å². The quantitative estimate of drug-likeness (QED) is 0.390. The highest BCUT2D eigenvalue weighted by atomic mass is 32.1. The predicted octanol–water partition coefficient (Wildman–Crippen LogP) is 1.77. The van der Waals surface area contributed by atoms with Crippen LogP contribution in [-0.2, 0) is 0 Å². The molecule has 0 saturated heterocycles. The monoisotopic (exact) mass is 324 g/mol. The van der Waals surface area contributed by atoms with Crippen LogP contribution in [0.5, 0.6) is 0 Å². The third kappa shape index (κ3) is 3.86. The highest BCUT2D eigenvalue weighted by Crippen LogP contribution is 2.29. The Morgan fingerprint density at radius 1 is 1.43 bits per heavy atom. The highest BCUT2D eigenvalue weighted by Gasteiger charge is 2.09. The molecule has 0 fully saturated rings. The van der Waals surface area contributed by atoms with Crippen molar-refractivity contribution >= 4 is 45.4 Å². The third-order valence-corrected chi connectivity index (χ3v) is 3.49. The maximum Gasteiger partial charge on any atom is 0.212 e. The van der Waals surface area contributed by atoms with E-state index in [1.54, 1.807) is 24.6 Å². The molecule has 0 unspecified atom stereocenters. The molecule has 21 heavy (non-hydrogen) atoms. The van der Waals surface area contributed by atoms with E-state index in [0.29, 0.717) is 15.9 Å². The number of thiazole rings is 1. The molecule has 0 bridgehead atoms. The smallest absolute Gasteiger partial charge is 0.212 e. The number of aromatic nitrogens is 1. The SMILES string of the molecule is CNC(=S)Nc1cc(-c2csc(N=C(N)N)n2)ccc1F. The number of rotatable bonds is 3. The van der Waals surface area contributed by atoms with Gasteiger partial charge < -0.3 is 22.1 Å². The number of nitrogens with zero attached hydrogens (tertiary/aromatic N) is 2. The molecule has 1 heterocycles. The molecule has 0 amide bonds. The van der Waals surface area contributed by atoms with E-state index in [4.69, 9.17) is 23.7 Å². The van der Waals surface area contributed by atoms with Gasteiger partial charge in [-0.05, 0) is 30.4 Å². The van der Waals surface area contributed by atoms with E-state index < -0.39 is 5.82 Å². The lowest BCUT2D eigenvalue weighted by Gasteiger charge is -2.09. The van der Waals surface area contributed by atoms with Gasteiger partial charge in [-0.3, -0.25) is 0 Å². The molecule has 6 nitrogen and oxygen atoms in total. The summed E-state index contributed by atoms with van der Waals surface area (Å²) >= 11 is 6.25. The van der Waals surface area contributed by atoms with Gasteiger partial charge in [-0.25, -0.2) is 9.37 Å². The van der Waals surface area contributed by atoms with Gasteiger partial charge >= 0.3 is 0 Å². The Balaban J connectivity index is 2.32. The summed E-state index contributed by atoms with van der Waals surface area (Å²) in [5.74, 6) is -0.465. The van der Waals surface area contributed by atoms with E-state index in [-0.39, 0.29) is 11.6 Å². The van der Waals surface area contributed by atoms with Gasteiger partial charge in [0.15, 0.2) is 11.1 Å². The zero-order valence-electron chi connectivity index (χ0n) is 11.1. The molecular weight excluding hydrogens is 311 g/mol. The molecule has 0 aliphatic rings. The molecule has 2 rings (SSSR count). The standard InChI is InChI=1S/C12H13FN6S2/c1-16-11(20)17-8-4-6(2-3-7(8)13)9-5-21-12(18-9)19-10(14)15/h2-5H,1H3,(H2,16,17,20)(H4,14,15,18,19). The molecule has 0 radical (unpaired) electrons. The molecule has 1 aromatic heterocycles. The van der Waals surface area contributed by atoms with Gasteiger partial charge in [-0.15, -0.1) is 11.3 Å². The summed E-state index contributed by atoms with van der Waals surface area (Å²) in [4.78, 5) is 8.13. The average Bonchev–Trinajstić information content (AvgIpc) is 2.88. The van der Waals surface area contributed by atoms with Crippen LogP contribution in [0, 0.1) is 5.82 Å². The fourth-order valence-electron chi connectivity index (χ4n) is 1.52. The first-order valence-electron chi connectivity index (χ1n) is 5.83. The number of hydrogen-bond donors (Lipinski definition) is 4. The van der Waals surface area contributed by atoms with Gasteiger partial charge in [0.05, 0.1) is 11.4 Å².